The van der Waals surface area contributed by atoms with Gasteiger partial charge in [0.25, 0.3) is 0 Å². The lowest BCUT2D eigenvalue weighted by atomic mass is 10.2. The summed E-state index contributed by atoms with van der Waals surface area (Å²) in [5, 5.41) is 0.716. The Hall–Kier alpha value is -1.17. The molecule has 0 fully saturated rings. The first-order chi connectivity index (χ1) is 10.9. The third-order valence-corrected chi connectivity index (χ3v) is 5.67. The Labute approximate surface area is 147 Å². The molecule has 0 spiro atoms. The van der Waals surface area contributed by atoms with Crippen LogP contribution in [0.5, 0.6) is 5.75 Å². The average Bonchev–Trinajstić information content (AvgIpc) is 2.48. The van der Waals surface area contributed by atoms with Gasteiger partial charge in [-0.2, -0.15) is 8.42 Å². The van der Waals surface area contributed by atoms with Gasteiger partial charge in [-0.1, -0.05) is 23.7 Å². The molecule has 2 aromatic rings. The smallest absolute Gasteiger partial charge is 0.309 e. The second-order valence-electron chi connectivity index (χ2n) is 5.17. The summed E-state index contributed by atoms with van der Waals surface area (Å²) >= 11 is 7.52. The lowest BCUT2D eigenvalue weighted by molar-refractivity contribution is 0.483. The van der Waals surface area contributed by atoms with Crippen molar-refractivity contribution in [2.45, 2.75) is 24.7 Å². The highest BCUT2D eigenvalue weighted by molar-refractivity contribution is 7.99. The minimum Gasteiger partial charge on any atom is -0.382 e. The highest BCUT2D eigenvalue weighted by atomic mass is 35.5. The maximum atomic E-state index is 11.9. The van der Waals surface area contributed by atoms with Crippen LogP contribution in [0.25, 0.3) is 0 Å². The third kappa shape index (κ3) is 6.85. The summed E-state index contributed by atoms with van der Waals surface area (Å²) < 4.78 is 29.0. The van der Waals surface area contributed by atoms with Crippen molar-refractivity contribution in [2.75, 3.05) is 11.5 Å². The van der Waals surface area contributed by atoms with Gasteiger partial charge in [0.15, 0.2) is 0 Å². The molecule has 2 aromatic carbocycles. The summed E-state index contributed by atoms with van der Waals surface area (Å²) in [6.07, 6.45) is 1.39. The molecule has 0 saturated carbocycles. The van der Waals surface area contributed by atoms with Crippen molar-refractivity contribution in [1.29, 1.82) is 0 Å². The van der Waals surface area contributed by atoms with E-state index in [2.05, 4.69) is 0 Å². The minimum atomic E-state index is -3.53. The Kier molecular flexibility index (Phi) is 6.81. The van der Waals surface area contributed by atoms with E-state index < -0.39 is 10.1 Å². The molecule has 0 bridgehead atoms. The third-order valence-electron chi connectivity index (χ3n) is 3.08. The van der Waals surface area contributed by atoms with Crippen molar-refractivity contribution in [3.8, 4) is 5.75 Å². The second kappa shape index (κ2) is 8.62. The molecule has 23 heavy (non-hydrogen) atoms. The van der Waals surface area contributed by atoms with Crippen LogP contribution in [0.15, 0.2) is 53.4 Å². The highest BCUT2D eigenvalue weighted by Crippen LogP contribution is 2.22. The molecule has 6 heteroatoms. The van der Waals surface area contributed by atoms with Crippen LogP contribution in [0.1, 0.15) is 18.4 Å². The molecule has 0 saturated heterocycles. The first-order valence-corrected chi connectivity index (χ1v) is 10.3. The minimum absolute atomic E-state index is 0.0299. The lowest BCUT2D eigenvalue weighted by Gasteiger charge is -2.07. The molecule has 0 unspecified atom stereocenters. The lowest BCUT2D eigenvalue weighted by Crippen LogP contribution is -2.14. The number of thioether (sulfide) groups is 1. The number of halogens is 1. The first kappa shape index (κ1) is 18.2. The number of unbranched alkanes of at least 4 members (excludes halogenated alkanes) is 1. The van der Waals surface area contributed by atoms with E-state index in [1.54, 1.807) is 30.0 Å². The van der Waals surface area contributed by atoms with Crippen LogP contribution < -0.4 is 4.18 Å². The molecule has 0 N–H and O–H groups in total. The monoisotopic (exact) mass is 370 g/mol. The van der Waals surface area contributed by atoms with Gasteiger partial charge in [-0.3, -0.25) is 0 Å². The summed E-state index contributed by atoms with van der Waals surface area (Å²) in [6.45, 7) is 1.90. The molecule has 3 nitrogen and oxygen atoms in total. The number of hydrogen-bond acceptors (Lipinski definition) is 4. The van der Waals surface area contributed by atoms with Crippen LogP contribution in [0, 0.1) is 6.92 Å². The molecule has 124 valence electrons. The fourth-order valence-electron chi connectivity index (χ4n) is 1.96. The molecular formula is C17H19ClO3S2. The van der Waals surface area contributed by atoms with Gasteiger partial charge in [0, 0.05) is 9.92 Å². The molecule has 0 radical (unpaired) electrons. The SMILES string of the molecule is Cc1cccc(OS(=O)(=O)CCCCSc2ccc(Cl)cc2)c1. The van der Waals surface area contributed by atoms with E-state index in [9.17, 15) is 8.42 Å². The second-order valence-corrected chi connectivity index (χ2v) is 8.47. The molecule has 0 aliphatic rings. The highest BCUT2D eigenvalue weighted by Gasteiger charge is 2.12. The maximum Gasteiger partial charge on any atom is 0.309 e. The average molecular weight is 371 g/mol. The molecular weight excluding hydrogens is 352 g/mol. The quantitative estimate of drug-likeness (QED) is 0.375. The van der Waals surface area contributed by atoms with Gasteiger partial charge in [0.05, 0.1) is 5.75 Å². The van der Waals surface area contributed by atoms with Gasteiger partial charge in [-0.25, -0.2) is 0 Å². The number of benzene rings is 2. The van der Waals surface area contributed by atoms with Crippen LogP contribution in [-0.4, -0.2) is 19.9 Å². The predicted octanol–water partition coefficient (Wildman–Crippen LogP) is 4.93. The van der Waals surface area contributed by atoms with E-state index in [1.807, 2.05) is 37.3 Å². The Morgan fingerprint density at radius 2 is 1.83 bits per heavy atom. The summed E-state index contributed by atoms with van der Waals surface area (Å²) in [6, 6.07) is 14.7. The zero-order valence-electron chi connectivity index (χ0n) is 12.9. The van der Waals surface area contributed by atoms with Crippen LogP contribution in [0.3, 0.4) is 0 Å². The van der Waals surface area contributed by atoms with Crippen molar-refractivity contribution in [3.05, 3.63) is 59.1 Å². The molecule has 0 aliphatic heterocycles. The molecule has 0 heterocycles. The van der Waals surface area contributed by atoms with Gasteiger partial charge < -0.3 is 4.18 Å². The summed E-state index contributed by atoms with van der Waals surface area (Å²) in [5.74, 6) is 1.27. The van der Waals surface area contributed by atoms with E-state index in [4.69, 9.17) is 15.8 Å². The normalized spacial score (nSPS) is 11.4. The standard InChI is InChI=1S/C17H19ClO3S2/c1-14-5-4-6-16(13-14)21-23(19,20)12-3-2-11-22-17-9-7-15(18)8-10-17/h4-10,13H,2-3,11-12H2,1H3. The molecule has 0 aromatic heterocycles. The Balaban J connectivity index is 1.71. The zero-order valence-corrected chi connectivity index (χ0v) is 15.3. The van der Waals surface area contributed by atoms with Crippen LogP contribution in [-0.2, 0) is 10.1 Å². The fraction of sp³-hybridized carbons (Fsp3) is 0.294. The van der Waals surface area contributed by atoms with Crippen molar-refractivity contribution >= 4 is 33.5 Å². The van der Waals surface area contributed by atoms with Gasteiger partial charge in [-0.05, 0) is 67.5 Å². The molecule has 0 aliphatic carbocycles. The Morgan fingerprint density at radius 3 is 2.52 bits per heavy atom. The maximum absolute atomic E-state index is 11.9. The molecule has 0 atom stereocenters. The molecule has 2 rings (SSSR count). The van der Waals surface area contributed by atoms with Crippen LogP contribution >= 0.6 is 23.4 Å². The number of aryl methyl sites for hydroxylation is 1. The number of rotatable bonds is 8. The van der Waals surface area contributed by atoms with Crippen molar-refractivity contribution in [1.82, 2.24) is 0 Å². The van der Waals surface area contributed by atoms with E-state index >= 15 is 0 Å². The summed E-state index contributed by atoms with van der Waals surface area (Å²) in [5.41, 5.74) is 0.970. The first-order valence-electron chi connectivity index (χ1n) is 7.32. The predicted molar refractivity (Wildman–Crippen MR) is 97.0 cm³/mol. The van der Waals surface area contributed by atoms with E-state index in [0.717, 1.165) is 22.6 Å². The fourth-order valence-corrected chi connectivity index (χ4v) is 4.03. The Bertz CT molecular complexity index is 728. The van der Waals surface area contributed by atoms with Crippen LogP contribution in [0.2, 0.25) is 5.02 Å². The Morgan fingerprint density at radius 1 is 1.09 bits per heavy atom. The van der Waals surface area contributed by atoms with E-state index in [-0.39, 0.29) is 5.75 Å². The van der Waals surface area contributed by atoms with Crippen molar-refractivity contribution in [2.24, 2.45) is 0 Å². The summed E-state index contributed by atoms with van der Waals surface area (Å²) in [7, 11) is -3.53. The zero-order chi connectivity index (χ0) is 16.7. The van der Waals surface area contributed by atoms with E-state index in [0.29, 0.717) is 17.2 Å². The van der Waals surface area contributed by atoms with Gasteiger partial charge >= 0.3 is 10.1 Å². The van der Waals surface area contributed by atoms with Gasteiger partial charge in [0.1, 0.15) is 5.75 Å². The van der Waals surface area contributed by atoms with Crippen molar-refractivity contribution in [3.63, 3.8) is 0 Å². The largest absolute Gasteiger partial charge is 0.382 e. The topological polar surface area (TPSA) is 43.4 Å². The number of hydrogen-bond donors (Lipinski definition) is 0. The van der Waals surface area contributed by atoms with Gasteiger partial charge in [0.2, 0.25) is 0 Å². The van der Waals surface area contributed by atoms with Crippen molar-refractivity contribution < 1.29 is 12.6 Å². The summed E-state index contributed by atoms with van der Waals surface area (Å²) in [4.78, 5) is 1.13. The van der Waals surface area contributed by atoms with E-state index in [1.165, 1.54) is 0 Å². The molecule has 0 amide bonds. The van der Waals surface area contributed by atoms with Crippen LogP contribution in [0.4, 0.5) is 0 Å². The van der Waals surface area contributed by atoms with Gasteiger partial charge in [-0.15, -0.1) is 11.8 Å².